The van der Waals surface area contributed by atoms with Gasteiger partial charge in [-0.2, -0.15) is 10.2 Å². The van der Waals surface area contributed by atoms with E-state index in [1.165, 1.54) is 32.1 Å². The minimum absolute atomic E-state index is 0.0385. The lowest BCUT2D eigenvalue weighted by Crippen LogP contribution is -2.11. The summed E-state index contributed by atoms with van der Waals surface area (Å²) in [5.74, 6) is 2.56. The molecule has 0 radical (unpaired) electrons. The molecule has 3 aromatic heterocycles. The number of oxazole rings is 1. The Labute approximate surface area is 169 Å². The van der Waals surface area contributed by atoms with Gasteiger partial charge in [-0.25, -0.2) is 14.6 Å². The molecule has 0 bridgehead atoms. The third kappa shape index (κ3) is 4.73. The van der Waals surface area contributed by atoms with Crippen molar-refractivity contribution >= 4 is 0 Å². The van der Waals surface area contributed by atoms with Crippen molar-refractivity contribution in [3.63, 3.8) is 0 Å². The molecule has 1 aliphatic rings. The van der Waals surface area contributed by atoms with Crippen LogP contribution in [0.1, 0.15) is 44.4 Å². The van der Waals surface area contributed by atoms with Crippen molar-refractivity contribution in [2.24, 2.45) is 5.92 Å². The molecule has 3 heterocycles. The largest absolute Gasteiger partial charge is 0.446 e. The maximum Gasteiger partial charge on any atom is 0.220 e. The molecule has 29 heavy (non-hydrogen) atoms. The lowest BCUT2D eigenvalue weighted by Gasteiger charge is -2.21. The molecule has 0 atom stereocenters. The van der Waals surface area contributed by atoms with Crippen LogP contribution >= 0.6 is 0 Å². The first-order chi connectivity index (χ1) is 14.3. The summed E-state index contributed by atoms with van der Waals surface area (Å²) in [6, 6.07) is 0. The highest BCUT2D eigenvalue weighted by molar-refractivity contribution is 5.57. The number of hydrogen-bond acceptors (Lipinski definition) is 7. The SMILES string of the molecule is COCc1nc(-c2nc(-c3cnn(CCO)c3)nn2CCC2CCCCC2)co1. The van der Waals surface area contributed by atoms with Crippen molar-refractivity contribution in [3.05, 3.63) is 24.5 Å². The van der Waals surface area contributed by atoms with Crippen molar-refractivity contribution in [1.82, 2.24) is 29.5 Å². The van der Waals surface area contributed by atoms with E-state index in [0.717, 1.165) is 24.4 Å². The number of aliphatic hydroxyl groups is 1. The number of nitrogens with zero attached hydrogens (tertiary/aromatic N) is 6. The molecule has 9 nitrogen and oxygen atoms in total. The van der Waals surface area contributed by atoms with E-state index in [1.54, 1.807) is 24.3 Å². The molecule has 0 saturated heterocycles. The zero-order valence-corrected chi connectivity index (χ0v) is 16.8. The highest BCUT2D eigenvalue weighted by atomic mass is 16.5. The summed E-state index contributed by atoms with van der Waals surface area (Å²) in [5.41, 5.74) is 1.47. The van der Waals surface area contributed by atoms with Gasteiger partial charge in [0.1, 0.15) is 18.6 Å². The van der Waals surface area contributed by atoms with Crippen LogP contribution in [-0.4, -0.2) is 48.4 Å². The molecule has 0 aromatic carbocycles. The van der Waals surface area contributed by atoms with Crippen LogP contribution in [0.25, 0.3) is 22.9 Å². The number of aliphatic hydroxyl groups excluding tert-OH is 1. The molecule has 4 rings (SSSR count). The highest BCUT2D eigenvalue weighted by Crippen LogP contribution is 2.28. The Balaban J connectivity index is 1.59. The van der Waals surface area contributed by atoms with Gasteiger partial charge in [0.25, 0.3) is 0 Å². The number of aryl methyl sites for hydroxylation is 1. The van der Waals surface area contributed by atoms with Crippen LogP contribution in [0.4, 0.5) is 0 Å². The fourth-order valence-electron chi connectivity index (χ4n) is 3.90. The van der Waals surface area contributed by atoms with Gasteiger partial charge in [-0.15, -0.1) is 0 Å². The smallest absolute Gasteiger partial charge is 0.220 e. The number of aromatic nitrogens is 6. The molecule has 1 fully saturated rings. The lowest BCUT2D eigenvalue weighted by atomic mass is 9.87. The molecule has 9 heteroatoms. The van der Waals surface area contributed by atoms with Crippen molar-refractivity contribution in [2.75, 3.05) is 13.7 Å². The highest BCUT2D eigenvalue weighted by Gasteiger charge is 2.20. The molecular weight excluding hydrogens is 372 g/mol. The first-order valence-electron chi connectivity index (χ1n) is 10.3. The molecule has 3 aromatic rings. The van der Waals surface area contributed by atoms with Crippen LogP contribution in [0.3, 0.4) is 0 Å². The average molecular weight is 400 g/mol. The number of methoxy groups -OCH3 is 1. The summed E-state index contributed by atoms with van der Waals surface area (Å²) >= 11 is 0. The zero-order chi connectivity index (χ0) is 20.1. The van der Waals surface area contributed by atoms with Crippen molar-refractivity contribution in [1.29, 1.82) is 0 Å². The van der Waals surface area contributed by atoms with E-state index in [4.69, 9.17) is 24.3 Å². The van der Waals surface area contributed by atoms with Gasteiger partial charge in [-0.3, -0.25) is 4.68 Å². The van der Waals surface area contributed by atoms with Crippen molar-refractivity contribution in [2.45, 2.75) is 58.2 Å². The van der Waals surface area contributed by atoms with E-state index in [2.05, 4.69) is 10.1 Å². The minimum Gasteiger partial charge on any atom is -0.446 e. The van der Waals surface area contributed by atoms with E-state index < -0.39 is 0 Å². The third-order valence-corrected chi connectivity index (χ3v) is 5.41. The van der Waals surface area contributed by atoms with E-state index >= 15 is 0 Å². The summed E-state index contributed by atoms with van der Waals surface area (Å²) in [7, 11) is 1.61. The maximum atomic E-state index is 9.11. The first kappa shape index (κ1) is 19.8. The van der Waals surface area contributed by atoms with Crippen LogP contribution in [0.2, 0.25) is 0 Å². The van der Waals surface area contributed by atoms with E-state index in [-0.39, 0.29) is 6.61 Å². The predicted molar refractivity (Wildman–Crippen MR) is 106 cm³/mol. The van der Waals surface area contributed by atoms with Crippen molar-refractivity contribution < 1.29 is 14.3 Å². The summed E-state index contributed by atoms with van der Waals surface area (Å²) < 4.78 is 14.2. The molecule has 0 amide bonds. The predicted octanol–water partition coefficient (Wildman–Crippen LogP) is 2.91. The fraction of sp³-hybridized carbons (Fsp3) is 0.600. The molecule has 1 N–H and O–H groups in total. The Morgan fingerprint density at radius 3 is 2.86 bits per heavy atom. The molecule has 0 aliphatic heterocycles. The van der Waals surface area contributed by atoms with Gasteiger partial charge in [0.05, 0.1) is 24.9 Å². The van der Waals surface area contributed by atoms with E-state index in [0.29, 0.717) is 36.4 Å². The van der Waals surface area contributed by atoms with Gasteiger partial charge in [-0.1, -0.05) is 32.1 Å². The second kappa shape index (κ2) is 9.32. The van der Waals surface area contributed by atoms with Gasteiger partial charge >= 0.3 is 0 Å². The Morgan fingerprint density at radius 2 is 2.07 bits per heavy atom. The monoisotopic (exact) mass is 400 g/mol. The van der Waals surface area contributed by atoms with Crippen LogP contribution < -0.4 is 0 Å². The number of hydrogen-bond donors (Lipinski definition) is 1. The van der Waals surface area contributed by atoms with Crippen LogP contribution in [0, 0.1) is 5.92 Å². The van der Waals surface area contributed by atoms with Crippen LogP contribution in [0.5, 0.6) is 0 Å². The van der Waals surface area contributed by atoms with Gasteiger partial charge in [0.2, 0.25) is 5.89 Å². The topological polar surface area (TPSA) is 104 Å². The van der Waals surface area contributed by atoms with Crippen molar-refractivity contribution in [3.8, 4) is 22.9 Å². The van der Waals surface area contributed by atoms with Gasteiger partial charge in [0.15, 0.2) is 11.6 Å². The normalized spacial score (nSPS) is 15.2. The molecular formula is C20H28N6O3. The zero-order valence-electron chi connectivity index (χ0n) is 16.8. The molecule has 0 unspecified atom stereocenters. The summed E-state index contributed by atoms with van der Waals surface area (Å²) in [4.78, 5) is 9.23. The molecule has 1 aliphatic carbocycles. The maximum absolute atomic E-state index is 9.11. The number of rotatable bonds is 9. The van der Waals surface area contributed by atoms with Gasteiger partial charge < -0.3 is 14.3 Å². The van der Waals surface area contributed by atoms with Crippen LogP contribution in [0.15, 0.2) is 23.1 Å². The Kier molecular flexibility index (Phi) is 6.36. The second-order valence-corrected chi connectivity index (χ2v) is 7.55. The van der Waals surface area contributed by atoms with Gasteiger partial charge in [0, 0.05) is 19.9 Å². The Bertz CT molecular complexity index is 909. The average Bonchev–Trinajstić information content (AvgIpc) is 3.47. The van der Waals surface area contributed by atoms with E-state index in [1.807, 2.05) is 10.9 Å². The number of ether oxygens (including phenoxy) is 1. The minimum atomic E-state index is 0.0385. The van der Waals surface area contributed by atoms with Gasteiger partial charge in [-0.05, 0) is 12.3 Å². The standard InChI is InChI=1S/C20H28N6O3/c1-28-14-18-22-17(13-29-18)20-23-19(16-11-21-25(12-16)9-10-27)24-26(20)8-7-15-5-3-2-4-6-15/h11-13,15,27H,2-10,14H2,1H3. The second-order valence-electron chi connectivity index (χ2n) is 7.55. The first-order valence-corrected chi connectivity index (χ1v) is 10.3. The molecule has 156 valence electrons. The third-order valence-electron chi connectivity index (χ3n) is 5.41. The quantitative estimate of drug-likeness (QED) is 0.589. The summed E-state index contributed by atoms with van der Waals surface area (Å²) in [5, 5.41) is 18.1. The lowest BCUT2D eigenvalue weighted by molar-refractivity contribution is 0.159. The van der Waals surface area contributed by atoms with Crippen LogP contribution in [-0.2, 0) is 24.4 Å². The van der Waals surface area contributed by atoms with E-state index in [9.17, 15) is 0 Å². The summed E-state index contributed by atoms with van der Waals surface area (Å²) in [6.45, 7) is 1.59. The Hall–Kier alpha value is -2.52. The summed E-state index contributed by atoms with van der Waals surface area (Å²) in [6.07, 6.45) is 12.9. The molecule has 1 saturated carbocycles. The molecule has 0 spiro atoms. The fourth-order valence-corrected chi connectivity index (χ4v) is 3.90. The Morgan fingerprint density at radius 1 is 1.21 bits per heavy atom.